The monoisotopic (exact) mass is 281 g/mol. The quantitative estimate of drug-likeness (QED) is 0.846. The van der Waals surface area contributed by atoms with E-state index < -0.39 is 22.0 Å². The number of hydrogen-bond donors (Lipinski definition) is 1. The highest BCUT2D eigenvalue weighted by molar-refractivity contribution is 7.89. The molecule has 100 valence electrons. The van der Waals surface area contributed by atoms with Crippen molar-refractivity contribution in [3.05, 3.63) is 24.0 Å². The molecule has 1 aromatic heterocycles. The van der Waals surface area contributed by atoms with Gasteiger partial charge >= 0.3 is 5.97 Å². The van der Waals surface area contributed by atoms with Gasteiger partial charge in [0.25, 0.3) is 0 Å². The van der Waals surface area contributed by atoms with E-state index in [1.807, 2.05) is 0 Å². The second kappa shape index (κ2) is 4.95. The number of rotatable bonds is 3. The molecule has 0 bridgehead atoms. The lowest BCUT2D eigenvalue weighted by Crippen LogP contribution is -2.40. The fourth-order valence-electron chi connectivity index (χ4n) is 2.03. The van der Waals surface area contributed by atoms with Crippen LogP contribution in [0.5, 0.6) is 0 Å². The third-order valence-electron chi connectivity index (χ3n) is 2.94. The van der Waals surface area contributed by atoms with Crippen molar-refractivity contribution in [1.82, 2.24) is 9.29 Å². The van der Waals surface area contributed by atoms with Gasteiger partial charge in [-0.15, -0.1) is 0 Å². The Morgan fingerprint density at radius 1 is 1.53 bits per heavy atom. The highest BCUT2D eigenvalue weighted by atomic mass is 32.2. The van der Waals surface area contributed by atoms with Crippen LogP contribution in [0, 0.1) is 11.3 Å². The highest BCUT2D eigenvalue weighted by Crippen LogP contribution is 2.26. The number of nitrogens with zero attached hydrogens (tertiary/aromatic N) is 3. The summed E-state index contributed by atoms with van der Waals surface area (Å²) in [5, 5.41) is 17.8. The first kappa shape index (κ1) is 13.5. The molecule has 1 fully saturated rings. The zero-order chi connectivity index (χ0) is 14.0. The molecule has 19 heavy (non-hydrogen) atoms. The largest absolute Gasteiger partial charge is 0.480 e. The smallest absolute Gasteiger partial charge is 0.322 e. The molecule has 0 unspecified atom stereocenters. The zero-order valence-electron chi connectivity index (χ0n) is 9.85. The number of aliphatic carboxylic acids is 1. The second-order valence-electron chi connectivity index (χ2n) is 4.13. The number of carboxylic acids is 1. The first-order valence-corrected chi connectivity index (χ1v) is 7.00. The Morgan fingerprint density at radius 2 is 2.26 bits per heavy atom. The van der Waals surface area contributed by atoms with E-state index in [1.165, 1.54) is 12.3 Å². The maximum Gasteiger partial charge on any atom is 0.322 e. The van der Waals surface area contributed by atoms with Crippen molar-refractivity contribution in [2.24, 2.45) is 0 Å². The van der Waals surface area contributed by atoms with E-state index in [4.69, 9.17) is 10.4 Å². The van der Waals surface area contributed by atoms with Gasteiger partial charge in [-0.3, -0.25) is 9.78 Å². The Hall–Kier alpha value is -1.98. The Labute approximate surface area is 110 Å². The van der Waals surface area contributed by atoms with Gasteiger partial charge in [0.1, 0.15) is 17.0 Å². The molecule has 1 aliphatic heterocycles. The molecule has 1 N–H and O–H groups in total. The summed E-state index contributed by atoms with van der Waals surface area (Å²) in [5.74, 6) is -1.16. The first-order chi connectivity index (χ1) is 8.96. The molecule has 7 nitrogen and oxygen atoms in total. The van der Waals surface area contributed by atoms with E-state index in [0.717, 1.165) is 10.5 Å². The summed E-state index contributed by atoms with van der Waals surface area (Å²) in [7, 11) is -3.93. The van der Waals surface area contributed by atoms with Crippen LogP contribution in [0.2, 0.25) is 0 Å². The Kier molecular flexibility index (Phi) is 3.50. The topological polar surface area (TPSA) is 111 Å². The van der Waals surface area contributed by atoms with Crippen molar-refractivity contribution in [2.45, 2.75) is 23.8 Å². The van der Waals surface area contributed by atoms with E-state index in [2.05, 4.69) is 4.98 Å². The highest BCUT2D eigenvalue weighted by Gasteiger charge is 2.39. The molecule has 1 atom stereocenters. The summed E-state index contributed by atoms with van der Waals surface area (Å²) in [4.78, 5) is 14.6. The van der Waals surface area contributed by atoms with Crippen molar-refractivity contribution < 1.29 is 18.3 Å². The lowest BCUT2D eigenvalue weighted by molar-refractivity contribution is -0.140. The van der Waals surface area contributed by atoms with E-state index in [9.17, 15) is 13.2 Å². The van der Waals surface area contributed by atoms with Crippen LogP contribution in [0.15, 0.2) is 23.4 Å². The normalized spacial score (nSPS) is 20.1. The van der Waals surface area contributed by atoms with Crippen molar-refractivity contribution in [1.29, 1.82) is 5.26 Å². The predicted octanol–water partition coefficient (Wildman–Crippen LogP) is 0.191. The average Bonchev–Trinajstić information content (AvgIpc) is 2.89. The molecule has 0 amide bonds. The summed E-state index contributed by atoms with van der Waals surface area (Å²) in [6.07, 6.45) is 3.16. The van der Waals surface area contributed by atoms with Crippen molar-refractivity contribution >= 4 is 16.0 Å². The van der Waals surface area contributed by atoms with Crippen LogP contribution in [0.4, 0.5) is 0 Å². The molecule has 0 aliphatic carbocycles. The molecule has 2 rings (SSSR count). The van der Waals surface area contributed by atoms with Crippen LogP contribution in [-0.2, 0) is 14.8 Å². The molecule has 8 heteroatoms. The molecule has 0 saturated carbocycles. The van der Waals surface area contributed by atoms with Gasteiger partial charge in [-0.1, -0.05) is 0 Å². The Morgan fingerprint density at radius 3 is 2.89 bits per heavy atom. The molecule has 1 aromatic rings. The number of sulfonamides is 1. The molecule has 0 aromatic carbocycles. The molecular weight excluding hydrogens is 270 g/mol. The number of nitriles is 1. The van der Waals surface area contributed by atoms with Crippen LogP contribution in [0.3, 0.4) is 0 Å². The van der Waals surface area contributed by atoms with Crippen molar-refractivity contribution in [2.75, 3.05) is 6.54 Å². The zero-order valence-corrected chi connectivity index (χ0v) is 10.7. The summed E-state index contributed by atoms with van der Waals surface area (Å²) in [5.41, 5.74) is 0.118. The maximum atomic E-state index is 12.3. The van der Waals surface area contributed by atoms with E-state index >= 15 is 0 Å². The van der Waals surface area contributed by atoms with Gasteiger partial charge in [0, 0.05) is 18.9 Å². The van der Waals surface area contributed by atoms with Gasteiger partial charge in [-0.2, -0.15) is 9.57 Å². The standard InChI is InChI=1S/C11H11N3O4S/c12-5-8-4-9(7-13-6-8)19(17,18)14-3-1-2-10(14)11(15)16/h4,6-7,10H,1-3H2,(H,15,16)/t10-/m0/s1. The molecule has 0 radical (unpaired) electrons. The number of carbonyl (C=O) groups is 1. The molecule has 0 spiro atoms. The second-order valence-corrected chi connectivity index (χ2v) is 6.02. The third-order valence-corrected chi connectivity index (χ3v) is 4.81. The van der Waals surface area contributed by atoms with Crippen LogP contribution < -0.4 is 0 Å². The Balaban J connectivity index is 2.42. The number of pyridine rings is 1. The fraction of sp³-hybridized carbons (Fsp3) is 0.364. The SMILES string of the molecule is N#Cc1cncc(S(=O)(=O)N2CCC[C@H]2C(=O)O)c1. The minimum absolute atomic E-state index is 0.118. The first-order valence-electron chi connectivity index (χ1n) is 5.56. The lowest BCUT2D eigenvalue weighted by Gasteiger charge is -2.20. The summed E-state index contributed by atoms with van der Waals surface area (Å²) in [6, 6.07) is 1.95. The third kappa shape index (κ3) is 2.43. The van der Waals surface area contributed by atoms with Gasteiger partial charge in [0.15, 0.2) is 0 Å². The molecule has 2 heterocycles. The average molecular weight is 281 g/mol. The van der Waals surface area contributed by atoms with Crippen LogP contribution in [0.1, 0.15) is 18.4 Å². The molecule has 1 saturated heterocycles. The molecule has 1 aliphatic rings. The van der Waals surface area contributed by atoms with Crippen molar-refractivity contribution in [3.63, 3.8) is 0 Å². The summed E-state index contributed by atoms with van der Waals surface area (Å²) in [6.45, 7) is 0.163. The van der Waals surface area contributed by atoms with E-state index in [0.29, 0.717) is 12.8 Å². The van der Waals surface area contributed by atoms with Gasteiger partial charge in [-0.25, -0.2) is 8.42 Å². The Bertz CT molecular complexity index is 650. The summed E-state index contributed by atoms with van der Waals surface area (Å²) < 4.78 is 25.6. The van der Waals surface area contributed by atoms with Crippen LogP contribution >= 0.6 is 0 Å². The summed E-state index contributed by atoms with van der Waals surface area (Å²) >= 11 is 0. The van der Waals surface area contributed by atoms with Gasteiger partial charge < -0.3 is 5.11 Å². The van der Waals surface area contributed by atoms with Gasteiger partial charge in [0.2, 0.25) is 10.0 Å². The number of hydrogen-bond acceptors (Lipinski definition) is 5. The van der Waals surface area contributed by atoms with E-state index in [1.54, 1.807) is 6.07 Å². The molecular formula is C11H11N3O4S. The van der Waals surface area contributed by atoms with Gasteiger partial charge in [-0.05, 0) is 18.9 Å². The predicted molar refractivity (Wildman–Crippen MR) is 63.5 cm³/mol. The number of aromatic nitrogens is 1. The fourth-order valence-corrected chi connectivity index (χ4v) is 3.67. The van der Waals surface area contributed by atoms with Gasteiger partial charge in [0.05, 0.1) is 5.56 Å². The van der Waals surface area contributed by atoms with Crippen LogP contribution in [0.25, 0.3) is 0 Å². The maximum absolute atomic E-state index is 12.3. The minimum Gasteiger partial charge on any atom is -0.480 e. The van der Waals surface area contributed by atoms with Crippen LogP contribution in [-0.4, -0.2) is 41.4 Å². The minimum atomic E-state index is -3.93. The lowest BCUT2D eigenvalue weighted by atomic mass is 10.2. The number of carboxylic acid groups (broad SMARTS) is 1. The van der Waals surface area contributed by atoms with E-state index in [-0.39, 0.29) is 17.0 Å². The van der Waals surface area contributed by atoms with Crippen molar-refractivity contribution in [3.8, 4) is 6.07 Å².